The third-order valence-corrected chi connectivity index (χ3v) is 13.5. The summed E-state index contributed by atoms with van der Waals surface area (Å²) in [5.74, 6) is -0.172. The van der Waals surface area contributed by atoms with Gasteiger partial charge in [-0.25, -0.2) is 4.57 Å². The second kappa shape index (κ2) is 45.4. The minimum atomic E-state index is -4.33. The Morgan fingerprint density at radius 2 is 0.855 bits per heavy atom. The molecule has 0 bridgehead atoms. The summed E-state index contributed by atoms with van der Waals surface area (Å²) in [6.07, 6.45) is 54.6. The van der Waals surface area contributed by atoms with Crippen LogP contribution in [-0.4, -0.2) is 73.4 Å². The number of aliphatic hydroxyl groups excluding tert-OH is 1. The average Bonchev–Trinajstić information content (AvgIpc) is 3.23. The Balaban J connectivity index is 4.05. The molecule has 3 N–H and O–H groups in total. The molecule has 0 aliphatic heterocycles. The van der Waals surface area contributed by atoms with Gasteiger partial charge in [0.15, 0.2) is 0 Å². The van der Waals surface area contributed by atoms with Gasteiger partial charge >= 0.3 is 7.82 Å². The van der Waals surface area contributed by atoms with Crippen LogP contribution >= 0.6 is 7.82 Å². The zero-order valence-corrected chi connectivity index (χ0v) is 43.0. The Morgan fingerprint density at radius 1 is 0.532 bits per heavy atom. The highest BCUT2D eigenvalue weighted by atomic mass is 31.2. The van der Waals surface area contributed by atoms with E-state index in [1.54, 1.807) is 6.08 Å². The highest BCUT2D eigenvalue weighted by Gasteiger charge is 2.27. The Morgan fingerprint density at radius 3 is 1.19 bits per heavy atom. The van der Waals surface area contributed by atoms with Crippen LogP contribution in [0.4, 0.5) is 0 Å². The number of unbranched alkanes of at least 4 members (excludes halogenated alkanes) is 37. The first-order valence-electron chi connectivity index (χ1n) is 27.1. The molecule has 0 aromatic carbocycles. The molecular formula is C53H108N2O6P+. The average molecular weight is 900 g/mol. The van der Waals surface area contributed by atoms with Gasteiger partial charge in [0.2, 0.25) is 5.91 Å². The largest absolute Gasteiger partial charge is 0.472 e. The normalized spacial score (nSPS) is 14.1. The summed E-state index contributed by atoms with van der Waals surface area (Å²) in [5.41, 5.74) is 0. The Hall–Kier alpha value is -0.760. The molecule has 0 aliphatic carbocycles. The molecule has 0 spiro atoms. The summed E-state index contributed by atoms with van der Waals surface area (Å²) >= 11 is 0. The number of nitrogens with one attached hydrogen (secondary N) is 1. The maximum Gasteiger partial charge on any atom is 0.472 e. The first kappa shape index (κ1) is 61.2. The van der Waals surface area contributed by atoms with Crippen LogP contribution in [-0.2, 0) is 18.4 Å². The molecule has 0 fully saturated rings. The van der Waals surface area contributed by atoms with E-state index in [1.165, 1.54) is 212 Å². The van der Waals surface area contributed by atoms with Crippen LogP contribution in [0, 0.1) is 0 Å². The zero-order valence-electron chi connectivity index (χ0n) is 42.1. The number of phosphoric acid groups is 1. The van der Waals surface area contributed by atoms with E-state index < -0.39 is 20.0 Å². The zero-order chi connectivity index (χ0) is 45.7. The number of amides is 1. The fourth-order valence-electron chi connectivity index (χ4n) is 8.22. The number of rotatable bonds is 50. The molecule has 0 aliphatic rings. The molecule has 62 heavy (non-hydrogen) atoms. The molecule has 0 aromatic heterocycles. The van der Waals surface area contributed by atoms with Gasteiger partial charge in [-0.3, -0.25) is 13.8 Å². The molecular weight excluding hydrogens is 792 g/mol. The van der Waals surface area contributed by atoms with Gasteiger partial charge in [0.25, 0.3) is 0 Å². The van der Waals surface area contributed by atoms with Crippen molar-refractivity contribution in [3.05, 3.63) is 12.2 Å². The number of hydrogen-bond acceptors (Lipinski definition) is 5. The van der Waals surface area contributed by atoms with Crippen molar-refractivity contribution >= 4 is 13.7 Å². The van der Waals surface area contributed by atoms with Gasteiger partial charge in [-0.2, -0.15) is 0 Å². The van der Waals surface area contributed by atoms with Gasteiger partial charge < -0.3 is 19.8 Å². The Bertz CT molecular complexity index is 1020. The van der Waals surface area contributed by atoms with Crippen LogP contribution in [0.2, 0.25) is 0 Å². The summed E-state index contributed by atoms with van der Waals surface area (Å²) < 4.78 is 23.6. The molecule has 0 heterocycles. The number of allylic oxidation sites excluding steroid dienone is 1. The number of nitrogens with zero attached hydrogens (tertiary/aromatic N) is 1. The summed E-state index contributed by atoms with van der Waals surface area (Å²) in [6.45, 7) is 4.84. The van der Waals surface area contributed by atoms with Gasteiger partial charge in [-0.05, 0) is 19.3 Å². The summed E-state index contributed by atoms with van der Waals surface area (Å²) in [6, 6.07) is -0.840. The number of likely N-dealkylation sites (N-methyl/N-ethyl adjacent to an activating group) is 1. The number of quaternary nitrogens is 1. The van der Waals surface area contributed by atoms with Crippen LogP contribution in [0.25, 0.3) is 0 Å². The highest BCUT2D eigenvalue weighted by Crippen LogP contribution is 2.43. The van der Waals surface area contributed by atoms with Gasteiger partial charge in [0, 0.05) is 6.42 Å². The molecule has 3 atom stereocenters. The predicted octanol–water partition coefficient (Wildman–Crippen LogP) is 15.9. The fourth-order valence-corrected chi connectivity index (χ4v) is 8.96. The van der Waals surface area contributed by atoms with Crippen molar-refractivity contribution < 1.29 is 32.9 Å². The number of carbonyl (C=O) groups is 1. The molecule has 370 valence electrons. The number of aliphatic hydroxyl groups is 1. The van der Waals surface area contributed by atoms with Crippen LogP contribution in [0.5, 0.6) is 0 Å². The van der Waals surface area contributed by atoms with Gasteiger partial charge in [-0.15, -0.1) is 0 Å². The quantitative estimate of drug-likeness (QED) is 0.0243. The SMILES string of the molecule is CCCCCCCCCCCC/C=C/[C@@H](O)[C@H](COP(=O)(O)OCC[N+](C)(C)C)NC(=O)CCCCCCCCCCCCCCCCCCCCCCCCCCCCCC. The van der Waals surface area contributed by atoms with E-state index in [0.29, 0.717) is 17.4 Å². The van der Waals surface area contributed by atoms with Gasteiger partial charge in [0.1, 0.15) is 13.2 Å². The molecule has 1 amide bonds. The molecule has 0 radical (unpaired) electrons. The van der Waals surface area contributed by atoms with Crippen molar-refractivity contribution in [2.24, 2.45) is 0 Å². The van der Waals surface area contributed by atoms with E-state index >= 15 is 0 Å². The molecule has 0 saturated carbocycles. The van der Waals surface area contributed by atoms with Crippen molar-refractivity contribution in [2.45, 2.75) is 283 Å². The molecule has 1 unspecified atom stereocenters. The molecule has 0 aromatic rings. The monoisotopic (exact) mass is 900 g/mol. The van der Waals surface area contributed by atoms with E-state index in [2.05, 4.69) is 19.2 Å². The van der Waals surface area contributed by atoms with Crippen LogP contribution in [0.15, 0.2) is 12.2 Å². The van der Waals surface area contributed by atoms with E-state index in [0.717, 1.165) is 38.5 Å². The summed E-state index contributed by atoms with van der Waals surface area (Å²) in [7, 11) is 1.59. The second-order valence-corrected chi connectivity index (χ2v) is 21.4. The number of carbonyl (C=O) groups excluding carboxylic acids is 1. The third kappa shape index (κ3) is 47.2. The lowest BCUT2D eigenvalue weighted by Gasteiger charge is -2.25. The predicted molar refractivity (Wildman–Crippen MR) is 268 cm³/mol. The van der Waals surface area contributed by atoms with E-state index in [1.807, 2.05) is 27.2 Å². The van der Waals surface area contributed by atoms with Gasteiger partial charge in [0.05, 0.1) is 39.9 Å². The maximum absolute atomic E-state index is 12.9. The van der Waals surface area contributed by atoms with Crippen molar-refractivity contribution in [1.29, 1.82) is 0 Å². The second-order valence-electron chi connectivity index (χ2n) is 20.0. The topological polar surface area (TPSA) is 105 Å². The maximum atomic E-state index is 12.9. The standard InChI is InChI=1S/C53H107N2O6P/c1-6-8-10-12-14-16-18-20-21-22-23-24-25-26-27-28-29-30-31-32-33-34-35-37-39-41-43-45-47-53(57)54-51(50-61-62(58,59)60-49-48-55(3,4)5)52(56)46-44-42-40-38-36-19-17-15-13-11-9-7-2/h44,46,51-52,56H,6-43,45,47-50H2,1-5H3,(H-,54,57,58,59)/p+1/b46-44+/t51-,52+/m0/s1. The van der Waals surface area contributed by atoms with Crippen LogP contribution in [0.3, 0.4) is 0 Å². The number of hydrogen-bond donors (Lipinski definition) is 3. The third-order valence-electron chi connectivity index (χ3n) is 12.5. The molecule has 8 nitrogen and oxygen atoms in total. The lowest BCUT2D eigenvalue weighted by Crippen LogP contribution is -2.45. The van der Waals surface area contributed by atoms with E-state index in [4.69, 9.17) is 9.05 Å². The Kier molecular flexibility index (Phi) is 44.8. The minimum absolute atomic E-state index is 0.0648. The van der Waals surface area contributed by atoms with Gasteiger partial charge in [-0.1, -0.05) is 257 Å². The molecule has 0 saturated heterocycles. The summed E-state index contributed by atoms with van der Waals surface area (Å²) in [5, 5.41) is 13.9. The number of phosphoric ester groups is 1. The smallest absolute Gasteiger partial charge is 0.387 e. The van der Waals surface area contributed by atoms with Crippen molar-refractivity contribution in [3.63, 3.8) is 0 Å². The lowest BCUT2D eigenvalue weighted by atomic mass is 10.0. The lowest BCUT2D eigenvalue weighted by molar-refractivity contribution is -0.870. The fraction of sp³-hybridized carbons (Fsp3) is 0.943. The Labute approximate surface area is 386 Å². The molecule has 0 rings (SSSR count). The van der Waals surface area contributed by atoms with E-state index in [9.17, 15) is 19.4 Å². The van der Waals surface area contributed by atoms with Crippen LogP contribution in [0.1, 0.15) is 271 Å². The molecule has 9 heteroatoms. The van der Waals surface area contributed by atoms with E-state index in [-0.39, 0.29) is 19.1 Å². The minimum Gasteiger partial charge on any atom is -0.387 e. The highest BCUT2D eigenvalue weighted by molar-refractivity contribution is 7.47. The van der Waals surface area contributed by atoms with Crippen LogP contribution < -0.4 is 5.32 Å². The van der Waals surface area contributed by atoms with Crippen molar-refractivity contribution in [2.75, 3.05) is 40.9 Å². The van der Waals surface area contributed by atoms with Crippen molar-refractivity contribution in [1.82, 2.24) is 5.32 Å². The van der Waals surface area contributed by atoms with Crippen molar-refractivity contribution in [3.8, 4) is 0 Å². The summed E-state index contributed by atoms with van der Waals surface area (Å²) in [4.78, 5) is 23.2. The first-order chi connectivity index (χ1) is 30.0. The first-order valence-corrected chi connectivity index (χ1v) is 28.6.